The summed E-state index contributed by atoms with van der Waals surface area (Å²) in [5.41, 5.74) is 1.63. The Labute approximate surface area is 211 Å². The number of nitriles is 1. The first-order chi connectivity index (χ1) is 17.3. The van der Waals surface area contributed by atoms with Crippen LogP contribution in [0, 0.1) is 11.3 Å². The van der Waals surface area contributed by atoms with Gasteiger partial charge in [0.1, 0.15) is 17.8 Å². The Morgan fingerprint density at radius 2 is 1.94 bits per heavy atom. The van der Waals surface area contributed by atoms with Crippen molar-refractivity contribution < 1.29 is 9.59 Å². The van der Waals surface area contributed by atoms with E-state index in [9.17, 15) is 14.9 Å². The first-order valence-corrected chi connectivity index (χ1v) is 12.2. The maximum absolute atomic E-state index is 13.9. The minimum Gasteiger partial charge on any atom is -0.351 e. The summed E-state index contributed by atoms with van der Waals surface area (Å²) in [6.45, 7) is 6.00. The van der Waals surface area contributed by atoms with Gasteiger partial charge < -0.3 is 10.3 Å². The second-order valence-electron chi connectivity index (χ2n) is 10.1. The molecule has 2 N–H and O–H groups in total. The number of carbonyl (C=O) groups excluding carboxylic acids is 2. The molecule has 9 nitrogen and oxygen atoms in total. The highest BCUT2D eigenvalue weighted by atomic mass is 16.2. The number of hydrogen-bond donors (Lipinski definition) is 2. The third kappa shape index (κ3) is 5.43. The number of anilines is 1. The van der Waals surface area contributed by atoms with Crippen LogP contribution >= 0.6 is 0 Å². The van der Waals surface area contributed by atoms with Crippen molar-refractivity contribution in [3.8, 4) is 6.07 Å². The number of pyridine rings is 2. The molecule has 4 rings (SSSR count). The third-order valence-electron chi connectivity index (χ3n) is 6.44. The van der Waals surface area contributed by atoms with Crippen LogP contribution in [0.2, 0.25) is 0 Å². The average molecular weight is 486 g/mol. The first kappa shape index (κ1) is 25.0. The van der Waals surface area contributed by atoms with E-state index in [4.69, 9.17) is 0 Å². The van der Waals surface area contributed by atoms with Crippen molar-refractivity contribution in [2.75, 3.05) is 4.90 Å². The lowest BCUT2D eigenvalue weighted by molar-refractivity contribution is -0.123. The molecule has 9 heteroatoms. The molecule has 0 bridgehead atoms. The topological polar surface area (TPSA) is 128 Å². The number of amides is 2. The molecule has 3 heterocycles. The molecule has 0 aromatic carbocycles. The highest BCUT2D eigenvalue weighted by Crippen LogP contribution is 2.33. The summed E-state index contributed by atoms with van der Waals surface area (Å²) in [6, 6.07) is 6.34. The van der Waals surface area contributed by atoms with Crippen LogP contribution in [-0.4, -0.2) is 37.8 Å². The lowest BCUT2D eigenvalue weighted by Crippen LogP contribution is -2.47. The van der Waals surface area contributed by atoms with Gasteiger partial charge in [-0.1, -0.05) is 46.1 Å². The minimum atomic E-state index is -1.06. The lowest BCUT2D eigenvalue weighted by atomic mass is 9.90. The Balaban J connectivity index is 1.86. The van der Waals surface area contributed by atoms with Crippen LogP contribution in [0.1, 0.15) is 86.2 Å². The van der Waals surface area contributed by atoms with Gasteiger partial charge in [-0.15, -0.1) is 0 Å². The largest absolute Gasteiger partial charge is 0.351 e. The fourth-order valence-electron chi connectivity index (χ4n) is 4.49. The third-order valence-corrected chi connectivity index (χ3v) is 6.44. The van der Waals surface area contributed by atoms with E-state index in [0.717, 1.165) is 32.1 Å². The SMILES string of the molecule is CC(C)(C)c1cc(C#N)c(N(C(=O)c2cnc[nH]2)C(C(=O)NC2CCCCC2)c2cccnc2)cn1. The van der Waals surface area contributed by atoms with Gasteiger partial charge in [0.05, 0.1) is 30.0 Å². The number of H-pyrrole nitrogens is 1. The number of nitrogens with one attached hydrogen (secondary N) is 2. The smallest absolute Gasteiger partial charge is 0.277 e. The van der Waals surface area contributed by atoms with E-state index in [1.807, 2.05) is 20.8 Å². The zero-order valence-electron chi connectivity index (χ0n) is 20.9. The van der Waals surface area contributed by atoms with E-state index in [1.54, 1.807) is 30.6 Å². The molecule has 1 unspecified atom stereocenters. The van der Waals surface area contributed by atoms with Crippen molar-refractivity contribution >= 4 is 17.5 Å². The molecular weight excluding hydrogens is 454 g/mol. The highest BCUT2D eigenvalue weighted by Gasteiger charge is 2.37. The van der Waals surface area contributed by atoms with Crippen molar-refractivity contribution in [2.45, 2.75) is 70.4 Å². The fourth-order valence-corrected chi connectivity index (χ4v) is 4.49. The van der Waals surface area contributed by atoms with Gasteiger partial charge >= 0.3 is 0 Å². The summed E-state index contributed by atoms with van der Waals surface area (Å²) in [7, 11) is 0. The Kier molecular flexibility index (Phi) is 7.44. The highest BCUT2D eigenvalue weighted by molar-refractivity contribution is 6.09. The maximum atomic E-state index is 13.9. The summed E-state index contributed by atoms with van der Waals surface area (Å²) in [5.74, 6) is -0.825. The van der Waals surface area contributed by atoms with Gasteiger partial charge in [-0.25, -0.2) is 4.98 Å². The van der Waals surface area contributed by atoms with E-state index in [2.05, 4.69) is 31.3 Å². The fraction of sp³-hybridized carbons (Fsp3) is 0.407. The molecule has 3 aromatic heterocycles. The molecule has 0 spiro atoms. The molecule has 0 radical (unpaired) electrons. The number of aromatic nitrogens is 4. The molecule has 3 aromatic rings. The van der Waals surface area contributed by atoms with Gasteiger partial charge in [0.2, 0.25) is 5.91 Å². The second-order valence-corrected chi connectivity index (χ2v) is 10.1. The van der Waals surface area contributed by atoms with Gasteiger partial charge in [0, 0.05) is 35.1 Å². The van der Waals surface area contributed by atoms with Crippen LogP contribution < -0.4 is 10.2 Å². The van der Waals surface area contributed by atoms with Crippen LogP contribution in [0.5, 0.6) is 0 Å². The van der Waals surface area contributed by atoms with E-state index >= 15 is 0 Å². The van der Waals surface area contributed by atoms with Gasteiger partial charge in [-0.3, -0.25) is 24.5 Å². The predicted molar refractivity (Wildman–Crippen MR) is 135 cm³/mol. The van der Waals surface area contributed by atoms with Crippen molar-refractivity contribution in [3.05, 3.63) is 71.8 Å². The number of hydrogen-bond acceptors (Lipinski definition) is 6. The van der Waals surface area contributed by atoms with Crippen LogP contribution in [0.4, 0.5) is 5.69 Å². The molecule has 1 aliphatic carbocycles. The quantitative estimate of drug-likeness (QED) is 0.538. The monoisotopic (exact) mass is 485 g/mol. The van der Waals surface area contributed by atoms with E-state index in [1.165, 1.54) is 23.6 Å². The molecule has 1 fully saturated rings. The molecule has 0 aliphatic heterocycles. The van der Waals surface area contributed by atoms with Crippen LogP contribution in [0.15, 0.2) is 49.3 Å². The van der Waals surface area contributed by atoms with Crippen LogP contribution in [0.25, 0.3) is 0 Å². The van der Waals surface area contributed by atoms with Crippen molar-refractivity contribution in [2.24, 2.45) is 0 Å². The molecule has 0 saturated heterocycles. The minimum absolute atomic E-state index is 0.0337. The van der Waals surface area contributed by atoms with Crippen molar-refractivity contribution in [3.63, 3.8) is 0 Å². The van der Waals surface area contributed by atoms with E-state index in [-0.39, 0.29) is 34.3 Å². The summed E-state index contributed by atoms with van der Waals surface area (Å²) in [6.07, 6.45) is 12.5. The average Bonchev–Trinajstić information content (AvgIpc) is 3.42. The van der Waals surface area contributed by atoms with Crippen LogP contribution in [-0.2, 0) is 10.2 Å². The lowest BCUT2D eigenvalue weighted by Gasteiger charge is -2.33. The zero-order valence-corrected chi connectivity index (χ0v) is 20.9. The second kappa shape index (κ2) is 10.7. The number of nitrogens with zero attached hydrogens (tertiary/aromatic N) is 5. The van der Waals surface area contributed by atoms with Crippen LogP contribution in [0.3, 0.4) is 0 Å². The number of carbonyl (C=O) groups is 2. The first-order valence-electron chi connectivity index (χ1n) is 12.2. The predicted octanol–water partition coefficient (Wildman–Crippen LogP) is 4.21. The summed E-state index contributed by atoms with van der Waals surface area (Å²) < 4.78 is 0. The van der Waals surface area contributed by atoms with Crippen molar-refractivity contribution in [1.82, 2.24) is 25.3 Å². The van der Waals surface area contributed by atoms with Gasteiger partial charge in [-0.05, 0) is 25.0 Å². The van der Waals surface area contributed by atoms with Gasteiger partial charge in [0.25, 0.3) is 5.91 Å². The zero-order chi connectivity index (χ0) is 25.7. The van der Waals surface area contributed by atoms with Gasteiger partial charge in [-0.2, -0.15) is 5.26 Å². The van der Waals surface area contributed by atoms with E-state index in [0.29, 0.717) is 11.3 Å². The summed E-state index contributed by atoms with van der Waals surface area (Å²) >= 11 is 0. The van der Waals surface area contributed by atoms with Gasteiger partial charge in [0.15, 0.2) is 0 Å². The molecule has 1 atom stereocenters. The summed E-state index contributed by atoms with van der Waals surface area (Å²) in [4.78, 5) is 44.7. The molecule has 2 amide bonds. The van der Waals surface area contributed by atoms with E-state index < -0.39 is 11.9 Å². The number of imidazole rings is 1. The summed E-state index contributed by atoms with van der Waals surface area (Å²) in [5, 5.41) is 13.2. The molecule has 1 saturated carbocycles. The number of rotatable bonds is 6. The Morgan fingerprint density at radius 1 is 1.17 bits per heavy atom. The normalized spacial score (nSPS) is 15.1. The molecular formula is C27H31N7O2. The maximum Gasteiger partial charge on any atom is 0.277 e. The molecule has 36 heavy (non-hydrogen) atoms. The molecule has 186 valence electrons. The Bertz CT molecular complexity index is 1240. The van der Waals surface area contributed by atoms with Crippen molar-refractivity contribution in [1.29, 1.82) is 5.26 Å². The molecule has 1 aliphatic rings. The Hall–Kier alpha value is -4.06. The number of aromatic amines is 1. The standard InChI is InChI=1S/C27H31N7O2/c1-27(2,3)23-12-19(13-28)22(16-31-23)34(26(36)21-15-30-17-32-21)24(18-8-7-11-29-14-18)25(35)33-20-9-5-4-6-10-20/h7-8,11-12,14-17,20,24H,4-6,9-10H2,1-3H3,(H,30,32)(H,33,35). The Morgan fingerprint density at radius 3 is 2.56 bits per heavy atom.